The zero-order valence-electron chi connectivity index (χ0n) is 19.9. The van der Waals surface area contributed by atoms with E-state index < -0.39 is 11.7 Å². The third-order valence-electron chi connectivity index (χ3n) is 5.22. The zero-order chi connectivity index (χ0) is 25.7. The molecule has 0 heterocycles. The quantitative estimate of drug-likeness (QED) is 0.0963. The number of ether oxygens (including phenoxy) is 2. The van der Waals surface area contributed by atoms with Crippen molar-refractivity contribution < 1.29 is 27.4 Å². The molecule has 0 fully saturated rings. The SMILES string of the molecule is C=C(C)C(=O)OCCCCCCCCOc1ccc(/C(C#N)=C/c2ccc(C(F)(F)F)cc2)cc1. The summed E-state index contributed by atoms with van der Waals surface area (Å²) in [5.74, 6) is 0.356. The van der Waals surface area contributed by atoms with Crippen LogP contribution in [0.15, 0.2) is 60.7 Å². The summed E-state index contributed by atoms with van der Waals surface area (Å²) in [6.07, 6.45) is 3.13. The van der Waals surface area contributed by atoms with Crippen LogP contribution in [0.5, 0.6) is 5.75 Å². The molecule has 0 amide bonds. The maximum Gasteiger partial charge on any atom is 0.416 e. The first-order valence-corrected chi connectivity index (χ1v) is 11.6. The molecule has 7 heteroatoms. The van der Waals surface area contributed by atoms with Crippen molar-refractivity contribution in [1.82, 2.24) is 0 Å². The fraction of sp³-hybridized carbons (Fsp3) is 0.357. The van der Waals surface area contributed by atoms with Crippen molar-refractivity contribution in [3.63, 3.8) is 0 Å². The van der Waals surface area contributed by atoms with Crippen LogP contribution >= 0.6 is 0 Å². The second-order valence-corrected chi connectivity index (χ2v) is 8.20. The van der Waals surface area contributed by atoms with Gasteiger partial charge in [-0.05, 0) is 73.4 Å². The van der Waals surface area contributed by atoms with Gasteiger partial charge in [0.25, 0.3) is 0 Å². The first-order valence-electron chi connectivity index (χ1n) is 11.6. The molecule has 0 aromatic heterocycles. The minimum absolute atomic E-state index is 0.339. The van der Waals surface area contributed by atoms with Crippen molar-refractivity contribution in [1.29, 1.82) is 5.26 Å². The lowest BCUT2D eigenvalue weighted by molar-refractivity contribution is -0.139. The first kappa shape index (κ1) is 27.7. The Morgan fingerprint density at radius 3 is 2.06 bits per heavy atom. The molecule has 0 unspecified atom stereocenters. The molecule has 0 spiro atoms. The van der Waals surface area contributed by atoms with Crippen molar-refractivity contribution in [2.75, 3.05) is 13.2 Å². The number of benzene rings is 2. The van der Waals surface area contributed by atoms with Gasteiger partial charge in [0.05, 0.1) is 30.4 Å². The Morgan fingerprint density at radius 2 is 1.51 bits per heavy atom. The highest BCUT2D eigenvalue weighted by molar-refractivity contribution is 5.89. The van der Waals surface area contributed by atoms with Crippen LogP contribution in [0.4, 0.5) is 13.2 Å². The number of halogens is 3. The van der Waals surface area contributed by atoms with Gasteiger partial charge in [0.2, 0.25) is 0 Å². The predicted octanol–water partition coefficient (Wildman–Crippen LogP) is 7.61. The van der Waals surface area contributed by atoms with E-state index in [9.17, 15) is 23.2 Å². The maximum atomic E-state index is 12.7. The lowest BCUT2D eigenvalue weighted by atomic mass is 10.0. The summed E-state index contributed by atoms with van der Waals surface area (Å²) in [6, 6.07) is 13.9. The van der Waals surface area contributed by atoms with Crippen molar-refractivity contribution >= 4 is 17.6 Å². The number of rotatable bonds is 13. The van der Waals surface area contributed by atoms with Crippen LogP contribution < -0.4 is 4.74 Å². The Kier molecular flexibility index (Phi) is 11.1. The molecule has 0 aliphatic heterocycles. The predicted molar refractivity (Wildman–Crippen MR) is 130 cm³/mol. The number of unbranched alkanes of at least 4 members (excludes halogenated alkanes) is 5. The number of nitriles is 1. The molecule has 0 radical (unpaired) electrons. The normalized spacial score (nSPS) is 11.6. The number of hydrogen-bond acceptors (Lipinski definition) is 4. The smallest absolute Gasteiger partial charge is 0.416 e. The van der Waals surface area contributed by atoms with Crippen LogP contribution in [0.1, 0.15) is 62.1 Å². The zero-order valence-corrected chi connectivity index (χ0v) is 19.9. The lowest BCUT2D eigenvalue weighted by Gasteiger charge is -2.08. The van der Waals surface area contributed by atoms with Crippen molar-refractivity contribution in [3.8, 4) is 11.8 Å². The van der Waals surface area contributed by atoms with Crippen molar-refractivity contribution in [2.24, 2.45) is 0 Å². The summed E-state index contributed by atoms with van der Waals surface area (Å²) in [4.78, 5) is 11.3. The third kappa shape index (κ3) is 10.1. The molecule has 35 heavy (non-hydrogen) atoms. The summed E-state index contributed by atoms with van der Waals surface area (Å²) >= 11 is 0. The average molecular weight is 486 g/mol. The minimum Gasteiger partial charge on any atom is -0.494 e. The fourth-order valence-corrected chi connectivity index (χ4v) is 3.24. The second-order valence-electron chi connectivity index (χ2n) is 8.20. The third-order valence-corrected chi connectivity index (χ3v) is 5.22. The number of carbonyl (C=O) groups is 1. The van der Waals surface area contributed by atoms with Crippen LogP contribution in [0, 0.1) is 11.3 Å². The van der Waals surface area contributed by atoms with Crippen LogP contribution in [0.25, 0.3) is 11.6 Å². The number of alkyl halides is 3. The number of allylic oxidation sites excluding steroid dienone is 1. The largest absolute Gasteiger partial charge is 0.494 e. The first-order chi connectivity index (χ1) is 16.7. The number of nitrogens with zero attached hydrogens (tertiary/aromatic N) is 1. The molecule has 0 bridgehead atoms. The van der Waals surface area contributed by atoms with Crippen LogP contribution in [-0.2, 0) is 15.7 Å². The number of hydrogen-bond donors (Lipinski definition) is 0. The van der Waals surface area contributed by atoms with Gasteiger partial charge in [-0.15, -0.1) is 0 Å². The maximum absolute atomic E-state index is 12.7. The molecule has 0 aliphatic rings. The van der Waals surface area contributed by atoms with Crippen molar-refractivity contribution in [3.05, 3.63) is 77.4 Å². The summed E-state index contributed by atoms with van der Waals surface area (Å²) < 4.78 is 48.9. The van der Waals surface area contributed by atoms with Gasteiger partial charge in [-0.3, -0.25) is 0 Å². The highest BCUT2D eigenvalue weighted by Crippen LogP contribution is 2.30. The van der Waals surface area contributed by atoms with Crippen LogP contribution in [-0.4, -0.2) is 19.2 Å². The average Bonchev–Trinajstić information content (AvgIpc) is 2.83. The Hall–Kier alpha value is -3.53. The summed E-state index contributed by atoms with van der Waals surface area (Å²) in [6.45, 7) is 6.19. The molecule has 0 saturated heterocycles. The molecule has 2 aromatic rings. The van der Waals surface area contributed by atoms with E-state index in [-0.39, 0.29) is 5.97 Å². The molecule has 4 nitrogen and oxygen atoms in total. The van der Waals surface area contributed by atoms with E-state index >= 15 is 0 Å². The highest BCUT2D eigenvalue weighted by atomic mass is 19.4. The molecular formula is C28H30F3NO3. The summed E-state index contributed by atoms with van der Waals surface area (Å²) in [7, 11) is 0. The Labute approximate surface area is 204 Å². The van der Waals surface area contributed by atoms with Gasteiger partial charge in [0, 0.05) is 5.57 Å². The van der Waals surface area contributed by atoms with E-state index in [4.69, 9.17) is 9.47 Å². The molecule has 2 rings (SSSR count). The number of carbonyl (C=O) groups excluding carboxylic acids is 1. The van der Waals surface area contributed by atoms with Gasteiger partial charge in [0.15, 0.2) is 0 Å². The van der Waals surface area contributed by atoms with E-state index in [1.807, 2.05) is 0 Å². The van der Waals surface area contributed by atoms with E-state index in [1.54, 1.807) is 37.3 Å². The standard InChI is InChI=1S/C28H30F3NO3/c1-21(2)27(33)35-18-8-6-4-3-5-7-17-34-26-15-11-23(12-16-26)24(20-32)19-22-9-13-25(14-10-22)28(29,30)31/h9-16,19H,1,3-8,17-18H2,2H3/b24-19+. The fourth-order valence-electron chi connectivity index (χ4n) is 3.24. The Balaban J connectivity index is 1.70. The molecule has 0 aliphatic carbocycles. The Bertz CT molecular complexity index is 1030. The van der Waals surface area contributed by atoms with E-state index in [2.05, 4.69) is 12.6 Å². The van der Waals surface area contributed by atoms with E-state index in [0.717, 1.165) is 50.7 Å². The van der Waals surface area contributed by atoms with Gasteiger partial charge in [-0.2, -0.15) is 18.4 Å². The topological polar surface area (TPSA) is 59.3 Å². The second kappa shape index (κ2) is 14.0. The summed E-state index contributed by atoms with van der Waals surface area (Å²) in [5.41, 5.74) is 1.22. The molecule has 0 N–H and O–H groups in total. The molecule has 186 valence electrons. The molecule has 0 saturated carbocycles. The number of esters is 1. The van der Waals surface area contributed by atoms with Gasteiger partial charge in [0.1, 0.15) is 5.75 Å². The molecule has 2 aromatic carbocycles. The van der Waals surface area contributed by atoms with Gasteiger partial charge >= 0.3 is 12.1 Å². The van der Waals surface area contributed by atoms with Crippen molar-refractivity contribution in [2.45, 2.75) is 51.6 Å². The van der Waals surface area contributed by atoms with Gasteiger partial charge in [-0.1, -0.05) is 44.4 Å². The van der Waals surface area contributed by atoms with E-state index in [0.29, 0.717) is 41.2 Å². The monoisotopic (exact) mass is 485 g/mol. The van der Waals surface area contributed by atoms with E-state index in [1.165, 1.54) is 12.1 Å². The Morgan fingerprint density at radius 1 is 0.943 bits per heavy atom. The highest BCUT2D eigenvalue weighted by Gasteiger charge is 2.29. The van der Waals surface area contributed by atoms with Crippen LogP contribution in [0.2, 0.25) is 0 Å². The molecule has 0 atom stereocenters. The van der Waals surface area contributed by atoms with Crippen LogP contribution in [0.3, 0.4) is 0 Å². The molecular weight excluding hydrogens is 455 g/mol. The summed E-state index contributed by atoms with van der Waals surface area (Å²) in [5, 5.41) is 9.48. The van der Waals surface area contributed by atoms with Gasteiger partial charge < -0.3 is 9.47 Å². The minimum atomic E-state index is -4.39. The lowest BCUT2D eigenvalue weighted by Crippen LogP contribution is -2.06. The van der Waals surface area contributed by atoms with Gasteiger partial charge in [-0.25, -0.2) is 4.79 Å².